The summed E-state index contributed by atoms with van der Waals surface area (Å²) in [4.78, 5) is 10.9. The third-order valence-electron chi connectivity index (χ3n) is 3.23. The van der Waals surface area contributed by atoms with Gasteiger partial charge in [-0.15, -0.1) is 0 Å². The van der Waals surface area contributed by atoms with Crippen molar-refractivity contribution in [2.75, 3.05) is 0 Å². The minimum atomic E-state index is 0.628. The second kappa shape index (κ2) is 4.14. The first-order valence-electron chi connectivity index (χ1n) is 5.80. The Bertz CT molecular complexity index is 709. The molecule has 0 aliphatic heterocycles. The molecule has 0 radical (unpaired) electrons. The van der Waals surface area contributed by atoms with Crippen LogP contribution < -0.4 is 0 Å². The molecule has 2 heterocycles. The number of aryl methyl sites for hydroxylation is 1. The first kappa shape index (κ1) is 10.8. The summed E-state index contributed by atoms with van der Waals surface area (Å²) in [6.07, 6.45) is 5.19. The number of carbonyl (C=O) groups is 1. The Labute approximate surface area is 104 Å². The molecule has 1 aromatic carbocycles. The quantitative estimate of drug-likeness (QED) is 0.713. The number of fused-ring (bicyclic) bond motifs is 1. The molecule has 3 rings (SSSR count). The average Bonchev–Trinajstić information content (AvgIpc) is 2.96. The molecular formula is C14H13N3O. The largest absolute Gasteiger partial charge is 0.350 e. The standard InChI is InChI=1S/C14H13N3O/c1-17-8-10(12-4-2-3-5-14(12)17)6-13-11(9-18)7-15-16-13/h2-5,7-9H,6H2,1H3,(H,15,16). The van der Waals surface area contributed by atoms with Gasteiger partial charge in [-0.1, -0.05) is 18.2 Å². The highest BCUT2D eigenvalue weighted by atomic mass is 16.1. The van der Waals surface area contributed by atoms with Crippen molar-refractivity contribution in [2.24, 2.45) is 7.05 Å². The van der Waals surface area contributed by atoms with Crippen LogP contribution in [0.1, 0.15) is 21.6 Å². The van der Waals surface area contributed by atoms with Crippen LogP contribution in [0.15, 0.2) is 36.7 Å². The lowest BCUT2D eigenvalue weighted by Crippen LogP contribution is -1.92. The minimum absolute atomic E-state index is 0.628. The predicted octanol–water partition coefficient (Wildman–Crippen LogP) is 2.30. The number of aromatic nitrogens is 3. The van der Waals surface area contributed by atoms with Crippen LogP contribution in [0.4, 0.5) is 0 Å². The maximum atomic E-state index is 10.9. The van der Waals surface area contributed by atoms with Crippen molar-refractivity contribution in [1.29, 1.82) is 0 Å². The van der Waals surface area contributed by atoms with Crippen LogP contribution in [0.3, 0.4) is 0 Å². The molecule has 0 unspecified atom stereocenters. The van der Waals surface area contributed by atoms with Gasteiger partial charge in [0.2, 0.25) is 0 Å². The molecule has 0 saturated carbocycles. The number of rotatable bonds is 3. The summed E-state index contributed by atoms with van der Waals surface area (Å²) in [7, 11) is 2.03. The summed E-state index contributed by atoms with van der Waals surface area (Å²) in [5, 5.41) is 8.02. The van der Waals surface area contributed by atoms with Gasteiger partial charge in [0.15, 0.2) is 6.29 Å². The van der Waals surface area contributed by atoms with E-state index in [1.165, 1.54) is 16.5 Å². The molecule has 18 heavy (non-hydrogen) atoms. The van der Waals surface area contributed by atoms with Crippen LogP contribution >= 0.6 is 0 Å². The number of benzene rings is 1. The van der Waals surface area contributed by atoms with E-state index in [-0.39, 0.29) is 0 Å². The smallest absolute Gasteiger partial charge is 0.153 e. The Kier molecular flexibility index (Phi) is 2.48. The molecule has 0 fully saturated rings. The summed E-state index contributed by atoms with van der Waals surface area (Å²) < 4.78 is 2.10. The maximum absolute atomic E-state index is 10.9. The Morgan fingerprint density at radius 2 is 2.22 bits per heavy atom. The van der Waals surface area contributed by atoms with Crippen LogP contribution in [0.5, 0.6) is 0 Å². The Balaban J connectivity index is 2.08. The molecule has 0 aliphatic carbocycles. The molecule has 3 aromatic rings. The zero-order valence-corrected chi connectivity index (χ0v) is 10.1. The molecule has 0 spiro atoms. The highest BCUT2D eigenvalue weighted by Crippen LogP contribution is 2.22. The number of hydrogen-bond acceptors (Lipinski definition) is 2. The summed E-state index contributed by atoms with van der Waals surface area (Å²) in [5.41, 5.74) is 3.88. The molecule has 90 valence electrons. The lowest BCUT2D eigenvalue weighted by atomic mass is 10.1. The fourth-order valence-electron chi connectivity index (χ4n) is 2.32. The Morgan fingerprint density at radius 3 is 3.06 bits per heavy atom. The zero-order valence-electron chi connectivity index (χ0n) is 10.1. The van der Waals surface area contributed by atoms with Crippen molar-refractivity contribution in [2.45, 2.75) is 6.42 Å². The van der Waals surface area contributed by atoms with Crippen LogP contribution in [-0.4, -0.2) is 21.1 Å². The molecule has 0 bridgehead atoms. The Hall–Kier alpha value is -2.36. The van der Waals surface area contributed by atoms with Gasteiger partial charge < -0.3 is 4.57 Å². The Morgan fingerprint density at radius 1 is 1.39 bits per heavy atom. The molecule has 0 amide bonds. The normalized spacial score (nSPS) is 10.9. The molecule has 0 saturated heterocycles. The second-order valence-electron chi connectivity index (χ2n) is 4.38. The van der Waals surface area contributed by atoms with Crippen LogP contribution in [0.2, 0.25) is 0 Å². The summed E-state index contributed by atoms with van der Waals surface area (Å²) in [5.74, 6) is 0. The summed E-state index contributed by atoms with van der Waals surface area (Å²) in [6.45, 7) is 0. The fourth-order valence-corrected chi connectivity index (χ4v) is 2.32. The van der Waals surface area contributed by atoms with Gasteiger partial charge in [-0.3, -0.25) is 9.89 Å². The van der Waals surface area contributed by atoms with Crippen LogP contribution in [0.25, 0.3) is 10.9 Å². The highest BCUT2D eigenvalue weighted by molar-refractivity contribution is 5.84. The number of nitrogens with zero attached hydrogens (tertiary/aromatic N) is 2. The molecule has 1 N–H and O–H groups in total. The van der Waals surface area contributed by atoms with Crippen molar-refractivity contribution in [3.8, 4) is 0 Å². The van der Waals surface area contributed by atoms with Crippen molar-refractivity contribution < 1.29 is 4.79 Å². The number of hydrogen-bond donors (Lipinski definition) is 1. The molecule has 4 nitrogen and oxygen atoms in total. The van der Waals surface area contributed by atoms with Gasteiger partial charge in [-0.2, -0.15) is 5.10 Å². The minimum Gasteiger partial charge on any atom is -0.350 e. The number of para-hydroxylation sites is 1. The maximum Gasteiger partial charge on any atom is 0.153 e. The second-order valence-corrected chi connectivity index (χ2v) is 4.38. The van der Waals surface area contributed by atoms with Gasteiger partial charge in [0, 0.05) is 30.6 Å². The van der Waals surface area contributed by atoms with E-state index in [0.717, 1.165) is 12.0 Å². The van der Waals surface area contributed by atoms with Crippen molar-refractivity contribution >= 4 is 17.2 Å². The number of H-pyrrole nitrogens is 1. The molecule has 0 atom stereocenters. The van der Waals surface area contributed by atoms with E-state index in [4.69, 9.17) is 0 Å². The summed E-state index contributed by atoms with van der Waals surface area (Å²) in [6, 6.07) is 8.24. The fraction of sp³-hybridized carbons (Fsp3) is 0.143. The van der Waals surface area contributed by atoms with Crippen LogP contribution in [-0.2, 0) is 13.5 Å². The number of aldehydes is 1. The monoisotopic (exact) mass is 239 g/mol. The topological polar surface area (TPSA) is 50.7 Å². The highest BCUT2D eigenvalue weighted by Gasteiger charge is 2.10. The van der Waals surface area contributed by atoms with Crippen molar-refractivity contribution in [3.63, 3.8) is 0 Å². The lowest BCUT2D eigenvalue weighted by molar-refractivity contribution is 0.112. The number of aromatic amines is 1. The van der Waals surface area contributed by atoms with Gasteiger partial charge in [-0.05, 0) is 11.6 Å². The average molecular weight is 239 g/mol. The third kappa shape index (κ3) is 1.62. The molecular weight excluding hydrogens is 226 g/mol. The van der Waals surface area contributed by atoms with Gasteiger partial charge in [0.25, 0.3) is 0 Å². The lowest BCUT2D eigenvalue weighted by Gasteiger charge is -1.97. The predicted molar refractivity (Wildman–Crippen MR) is 69.7 cm³/mol. The SMILES string of the molecule is Cn1cc(Cc2[nH]ncc2C=O)c2ccccc21. The van der Waals surface area contributed by atoms with E-state index >= 15 is 0 Å². The third-order valence-corrected chi connectivity index (χ3v) is 3.23. The van der Waals surface area contributed by atoms with Gasteiger partial charge in [0.1, 0.15) is 0 Å². The van der Waals surface area contributed by atoms with Crippen molar-refractivity contribution in [1.82, 2.24) is 14.8 Å². The van der Waals surface area contributed by atoms with Crippen molar-refractivity contribution in [3.05, 3.63) is 53.5 Å². The molecule has 0 aliphatic rings. The van der Waals surface area contributed by atoms with E-state index < -0.39 is 0 Å². The van der Waals surface area contributed by atoms with E-state index in [1.54, 1.807) is 6.20 Å². The van der Waals surface area contributed by atoms with Gasteiger partial charge >= 0.3 is 0 Å². The van der Waals surface area contributed by atoms with Gasteiger partial charge in [0.05, 0.1) is 17.5 Å². The number of nitrogens with one attached hydrogen (secondary N) is 1. The summed E-state index contributed by atoms with van der Waals surface area (Å²) >= 11 is 0. The molecule has 4 heteroatoms. The van der Waals surface area contributed by atoms with Crippen LogP contribution in [0, 0.1) is 0 Å². The zero-order chi connectivity index (χ0) is 12.5. The van der Waals surface area contributed by atoms with E-state index in [2.05, 4.69) is 33.1 Å². The van der Waals surface area contributed by atoms with E-state index in [9.17, 15) is 4.79 Å². The first-order chi connectivity index (χ1) is 8.79. The molecule has 2 aromatic heterocycles. The van der Waals surface area contributed by atoms with E-state index in [0.29, 0.717) is 12.0 Å². The first-order valence-corrected chi connectivity index (χ1v) is 5.80. The van der Waals surface area contributed by atoms with Gasteiger partial charge in [-0.25, -0.2) is 0 Å². The van der Waals surface area contributed by atoms with E-state index in [1.807, 2.05) is 19.2 Å². The number of carbonyl (C=O) groups excluding carboxylic acids is 1.